The monoisotopic (exact) mass is 570 g/mol. The van der Waals surface area contributed by atoms with Crippen LogP contribution in [0.4, 0.5) is 5.82 Å². The van der Waals surface area contributed by atoms with Crippen molar-refractivity contribution in [3.63, 3.8) is 0 Å². The Hall–Kier alpha value is -3.75. The summed E-state index contributed by atoms with van der Waals surface area (Å²) in [6, 6.07) is 6.56. The number of aromatic nitrogens is 4. The zero-order chi connectivity index (χ0) is 28.4. The quantitative estimate of drug-likeness (QED) is 0.423. The van der Waals surface area contributed by atoms with Crippen LogP contribution in [-0.4, -0.2) is 95.4 Å². The fourth-order valence-corrected chi connectivity index (χ4v) is 5.68. The van der Waals surface area contributed by atoms with Gasteiger partial charge in [0.2, 0.25) is 11.9 Å². The molecule has 1 amide bonds. The highest BCUT2D eigenvalue weighted by atomic mass is 32.2. The number of amides is 1. The van der Waals surface area contributed by atoms with Gasteiger partial charge in [0.05, 0.1) is 5.69 Å². The standard InChI is InChI=1S/C26H34N8O5S/c1-18(2)20-14-24(30-26(29-20)32-8-7-27-17-32)34-10-9-33(40(36,37)31(3)4)16-21(34)25(35)28-15-19-5-6-22-23(13-19)39-12-11-38-22/h5-8,13-14,17-18,21H,9-12,15-16H2,1-4H3,(H,28,35). The molecule has 2 aliphatic heterocycles. The van der Waals surface area contributed by atoms with Crippen molar-refractivity contribution in [2.24, 2.45) is 0 Å². The lowest BCUT2D eigenvalue weighted by atomic mass is 10.1. The lowest BCUT2D eigenvalue weighted by molar-refractivity contribution is -0.123. The van der Waals surface area contributed by atoms with E-state index in [9.17, 15) is 13.2 Å². The number of hydrogen-bond donors (Lipinski definition) is 1. The molecule has 14 heteroatoms. The third-order valence-electron chi connectivity index (χ3n) is 6.85. The molecule has 1 N–H and O–H groups in total. The summed E-state index contributed by atoms with van der Waals surface area (Å²) in [6.45, 7) is 5.70. The van der Waals surface area contributed by atoms with Gasteiger partial charge in [-0.25, -0.2) is 9.97 Å². The maximum atomic E-state index is 13.7. The Kier molecular flexibility index (Phi) is 7.92. The van der Waals surface area contributed by atoms with E-state index >= 15 is 0 Å². The summed E-state index contributed by atoms with van der Waals surface area (Å²) in [7, 11) is -0.767. The van der Waals surface area contributed by atoms with Crippen molar-refractivity contribution in [3.8, 4) is 17.4 Å². The Morgan fingerprint density at radius 2 is 1.90 bits per heavy atom. The number of carbonyl (C=O) groups is 1. The first-order valence-corrected chi connectivity index (χ1v) is 14.5. The number of hydrogen-bond acceptors (Lipinski definition) is 9. The average molecular weight is 571 g/mol. The van der Waals surface area contributed by atoms with E-state index in [2.05, 4.69) is 15.3 Å². The Balaban J connectivity index is 1.44. The molecule has 0 aliphatic carbocycles. The summed E-state index contributed by atoms with van der Waals surface area (Å²) >= 11 is 0. The molecular weight excluding hydrogens is 536 g/mol. The highest BCUT2D eigenvalue weighted by Gasteiger charge is 2.39. The van der Waals surface area contributed by atoms with Gasteiger partial charge in [0.15, 0.2) is 11.5 Å². The minimum atomic E-state index is -3.73. The van der Waals surface area contributed by atoms with Crippen LogP contribution in [-0.2, 0) is 21.5 Å². The van der Waals surface area contributed by atoms with E-state index in [0.717, 1.165) is 15.6 Å². The fourth-order valence-electron chi connectivity index (χ4n) is 4.58. The fraction of sp³-hybridized carbons (Fsp3) is 0.462. The minimum absolute atomic E-state index is 0.0328. The summed E-state index contributed by atoms with van der Waals surface area (Å²) in [5, 5.41) is 2.99. The number of rotatable bonds is 8. The maximum absolute atomic E-state index is 13.7. The van der Waals surface area contributed by atoms with E-state index in [1.165, 1.54) is 18.4 Å². The number of fused-ring (bicyclic) bond motifs is 1. The van der Waals surface area contributed by atoms with E-state index in [-0.39, 0.29) is 38.0 Å². The van der Waals surface area contributed by atoms with Gasteiger partial charge in [-0.3, -0.25) is 9.36 Å². The number of imidazole rings is 1. The number of anilines is 1. The van der Waals surface area contributed by atoms with Gasteiger partial charge in [-0.1, -0.05) is 19.9 Å². The molecule has 40 heavy (non-hydrogen) atoms. The molecule has 3 aromatic rings. The van der Waals surface area contributed by atoms with Crippen LogP contribution < -0.4 is 19.7 Å². The number of nitrogens with zero attached hydrogens (tertiary/aromatic N) is 7. The molecule has 0 bridgehead atoms. The van der Waals surface area contributed by atoms with Crippen molar-refractivity contribution in [3.05, 3.63) is 54.2 Å². The normalized spacial score (nSPS) is 17.9. The molecular formula is C26H34N8O5S. The highest BCUT2D eigenvalue weighted by Crippen LogP contribution is 2.31. The number of nitrogens with one attached hydrogen (secondary N) is 1. The molecule has 0 spiro atoms. The Morgan fingerprint density at radius 3 is 2.60 bits per heavy atom. The van der Waals surface area contributed by atoms with Crippen molar-refractivity contribution in [1.82, 2.24) is 33.4 Å². The van der Waals surface area contributed by atoms with Crippen LogP contribution in [0.3, 0.4) is 0 Å². The average Bonchev–Trinajstić information content (AvgIpc) is 3.50. The smallest absolute Gasteiger partial charge is 0.281 e. The van der Waals surface area contributed by atoms with Crippen LogP contribution in [0.15, 0.2) is 43.0 Å². The first-order chi connectivity index (χ1) is 19.1. The number of carbonyl (C=O) groups excluding carboxylic acids is 1. The predicted octanol–water partition coefficient (Wildman–Crippen LogP) is 1.17. The molecule has 1 saturated heterocycles. The van der Waals surface area contributed by atoms with Gasteiger partial charge in [-0.2, -0.15) is 22.0 Å². The molecule has 4 heterocycles. The second kappa shape index (κ2) is 11.4. The lowest BCUT2D eigenvalue weighted by Crippen LogP contribution is -2.61. The third-order valence-corrected chi connectivity index (χ3v) is 8.76. The second-order valence-electron chi connectivity index (χ2n) is 10.1. The molecule has 2 aromatic heterocycles. The molecule has 1 fully saturated rings. The van der Waals surface area contributed by atoms with E-state index < -0.39 is 16.3 Å². The summed E-state index contributed by atoms with van der Waals surface area (Å²) in [5.74, 6) is 2.06. The first kappa shape index (κ1) is 27.8. The van der Waals surface area contributed by atoms with E-state index in [4.69, 9.17) is 14.5 Å². The van der Waals surface area contributed by atoms with Gasteiger partial charge in [0, 0.05) is 58.7 Å². The lowest BCUT2D eigenvalue weighted by Gasteiger charge is -2.41. The van der Waals surface area contributed by atoms with Crippen molar-refractivity contribution in [1.29, 1.82) is 0 Å². The van der Waals surface area contributed by atoms with Crippen molar-refractivity contribution < 1.29 is 22.7 Å². The van der Waals surface area contributed by atoms with E-state index in [1.54, 1.807) is 23.3 Å². The Labute approximate surface area is 233 Å². The van der Waals surface area contributed by atoms with Gasteiger partial charge in [0.1, 0.15) is 31.4 Å². The summed E-state index contributed by atoms with van der Waals surface area (Å²) in [6.07, 6.45) is 5.01. The second-order valence-corrected chi connectivity index (χ2v) is 12.3. The van der Waals surface area contributed by atoms with Crippen LogP contribution in [0.1, 0.15) is 31.0 Å². The number of ether oxygens (including phenoxy) is 2. The first-order valence-electron chi connectivity index (χ1n) is 13.1. The van der Waals surface area contributed by atoms with Crippen LogP contribution in [0.2, 0.25) is 0 Å². The summed E-state index contributed by atoms with van der Waals surface area (Å²) in [4.78, 5) is 29.1. The van der Waals surface area contributed by atoms with Crippen LogP contribution >= 0.6 is 0 Å². The van der Waals surface area contributed by atoms with Gasteiger partial charge in [-0.15, -0.1) is 0 Å². The Morgan fingerprint density at radius 1 is 1.12 bits per heavy atom. The molecule has 2 aliphatic rings. The van der Waals surface area contributed by atoms with Crippen molar-refractivity contribution in [2.75, 3.05) is 51.8 Å². The zero-order valence-corrected chi connectivity index (χ0v) is 23.8. The van der Waals surface area contributed by atoms with Crippen molar-refractivity contribution in [2.45, 2.75) is 32.4 Å². The molecule has 1 atom stereocenters. The largest absolute Gasteiger partial charge is 0.486 e. The van der Waals surface area contributed by atoms with Crippen LogP contribution in [0, 0.1) is 0 Å². The Bertz CT molecular complexity index is 1460. The van der Waals surface area contributed by atoms with Gasteiger partial charge in [0.25, 0.3) is 10.2 Å². The van der Waals surface area contributed by atoms with Crippen LogP contribution in [0.25, 0.3) is 5.95 Å². The summed E-state index contributed by atoms with van der Waals surface area (Å²) in [5.41, 5.74) is 1.64. The number of piperazine rings is 1. The maximum Gasteiger partial charge on any atom is 0.281 e. The molecule has 5 rings (SSSR count). The van der Waals surface area contributed by atoms with E-state index in [0.29, 0.717) is 36.5 Å². The SMILES string of the molecule is CC(C)c1cc(N2CCN(S(=O)(=O)N(C)C)CC2C(=O)NCc2ccc3c(c2)OCCO3)nc(-n2ccnc2)n1. The topological polar surface area (TPSA) is 135 Å². The van der Waals surface area contributed by atoms with Crippen LogP contribution in [0.5, 0.6) is 11.5 Å². The van der Waals surface area contributed by atoms with E-state index in [1.807, 2.05) is 43.0 Å². The zero-order valence-electron chi connectivity index (χ0n) is 23.0. The van der Waals surface area contributed by atoms with Gasteiger partial charge < -0.3 is 19.7 Å². The summed E-state index contributed by atoms with van der Waals surface area (Å²) < 4.78 is 41.5. The third kappa shape index (κ3) is 5.74. The highest BCUT2D eigenvalue weighted by molar-refractivity contribution is 7.86. The molecule has 13 nitrogen and oxygen atoms in total. The molecule has 0 saturated carbocycles. The predicted molar refractivity (Wildman–Crippen MR) is 148 cm³/mol. The molecule has 214 valence electrons. The van der Waals surface area contributed by atoms with Gasteiger partial charge in [-0.05, 0) is 23.6 Å². The molecule has 1 aromatic carbocycles. The minimum Gasteiger partial charge on any atom is -0.486 e. The number of benzene rings is 1. The molecule has 1 unspecified atom stereocenters. The van der Waals surface area contributed by atoms with Crippen molar-refractivity contribution >= 4 is 21.9 Å². The van der Waals surface area contributed by atoms with Gasteiger partial charge >= 0.3 is 0 Å². The molecule has 0 radical (unpaired) electrons.